The molecule has 3 rings (SSSR count). The van der Waals surface area contributed by atoms with Crippen molar-refractivity contribution in [2.75, 3.05) is 6.61 Å². The number of hydrogen-bond acceptors (Lipinski definition) is 5. The Balaban J connectivity index is 1.88. The van der Waals surface area contributed by atoms with Gasteiger partial charge < -0.3 is 13.9 Å². The highest BCUT2D eigenvalue weighted by Gasteiger charge is 2.46. The van der Waals surface area contributed by atoms with Crippen molar-refractivity contribution in [3.05, 3.63) is 36.1 Å². The van der Waals surface area contributed by atoms with Gasteiger partial charge >= 0.3 is 11.9 Å². The maximum absolute atomic E-state index is 12.2. The van der Waals surface area contributed by atoms with E-state index < -0.39 is 23.5 Å². The third-order valence-electron chi connectivity index (χ3n) is 3.44. The van der Waals surface area contributed by atoms with Gasteiger partial charge in [0.05, 0.1) is 0 Å². The molecule has 104 valence electrons. The first-order valence-corrected chi connectivity index (χ1v) is 6.33. The Morgan fingerprint density at radius 2 is 2.10 bits per heavy atom. The summed E-state index contributed by atoms with van der Waals surface area (Å²) >= 11 is 0. The molecule has 1 aliphatic rings. The minimum absolute atomic E-state index is 0.246. The lowest BCUT2D eigenvalue weighted by Crippen LogP contribution is -2.34. The number of para-hydroxylation sites is 1. The number of ether oxygens (including phenoxy) is 2. The van der Waals surface area contributed by atoms with Crippen LogP contribution in [-0.4, -0.2) is 24.6 Å². The van der Waals surface area contributed by atoms with Crippen molar-refractivity contribution in [3.8, 4) is 0 Å². The smallest absolute Gasteiger partial charge is 0.348 e. The number of fused-ring (bicyclic) bond motifs is 1. The van der Waals surface area contributed by atoms with Gasteiger partial charge in [0, 0.05) is 10.8 Å². The molecule has 20 heavy (non-hydrogen) atoms. The van der Waals surface area contributed by atoms with Crippen LogP contribution in [0.15, 0.2) is 34.9 Å². The summed E-state index contributed by atoms with van der Waals surface area (Å²) < 4.78 is 15.6. The number of benzene rings is 1. The molecule has 1 aromatic carbocycles. The molecule has 1 aromatic heterocycles. The van der Waals surface area contributed by atoms with Crippen molar-refractivity contribution in [1.29, 1.82) is 0 Å². The van der Waals surface area contributed by atoms with E-state index in [1.54, 1.807) is 12.1 Å². The second-order valence-corrected chi connectivity index (χ2v) is 5.53. The van der Waals surface area contributed by atoms with E-state index in [0.29, 0.717) is 16.5 Å². The van der Waals surface area contributed by atoms with Gasteiger partial charge in [-0.2, -0.15) is 0 Å². The molecule has 0 saturated carbocycles. The van der Waals surface area contributed by atoms with Gasteiger partial charge in [-0.05, 0) is 6.07 Å². The van der Waals surface area contributed by atoms with E-state index >= 15 is 0 Å². The highest BCUT2D eigenvalue weighted by molar-refractivity contribution is 6.03. The van der Waals surface area contributed by atoms with E-state index in [-0.39, 0.29) is 6.61 Å². The maximum atomic E-state index is 12.2. The predicted octanol–water partition coefficient (Wildman–Crippen LogP) is 2.54. The second-order valence-electron chi connectivity index (χ2n) is 5.53. The number of carbonyl (C=O) groups is 2. The molecular formula is C15H14O5. The van der Waals surface area contributed by atoms with Crippen LogP contribution < -0.4 is 0 Å². The monoisotopic (exact) mass is 274 g/mol. The van der Waals surface area contributed by atoms with Crippen LogP contribution in [0.1, 0.15) is 24.2 Å². The summed E-state index contributed by atoms with van der Waals surface area (Å²) in [6, 6.07) is 7.16. The van der Waals surface area contributed by atoms with Crippen LogP contribution in [-0.2, 0) is 14.3 Å². The normalized spacial score (nSPS) is 20.9. The number of esters is 2. The summed E-state index contributed by atoms with van der Waals surface area (Å²) in [5.41, 5.74) is 0.399. The molecule has 0 amide bonds. The predicted molar refractivity (Wildman–Crippen MR) is 70.2 cm³/mol. The van der Waals surface area contributed by atoms with Crippen LogP contribution in [0.3, 0.4) is 0 Å². The first-order valence-electron chi connectivity index (χ1n) is 6.33. The van der Waals surface area contributed by atoms with Crippen LogP contribution in [0.5, 0.6) is 0 Å². The van der Waals surface area contributed by atoms with Crippen LogP contribution >= 0.6 is 0 Å². The molecule has 1 fully saturated rings. The molecule has 0 bridgehead atoms. The Morgan fingerprint density at radius 3 is 2.80 bits per heavy atom. The highest BCUT2D eigenvalue weighted by atomic mass is 16.6. The molecule has 0 unspecified atom stereocenters. The maximum Gasteiger partial charge on any atom is 0.348 e. The molecule has 5 heteroatoms. The van der Waals surface area contributed by atoms with E-state index in [1.165, 1.54) is 6.26 Å². The number of hydrogen-bond donors (Lipinski definition) is 0. The Labute approximate surface area is 115 Å². The summed E-state index contributed by atoms with van der Waals surface area (Å²) in [6.45, 7) is 3.89. The molecule has 2 aromatic rings. The molecule has 1 aliphatic heterocycles. The van der Waals surface area contributed by atoms with Gasteiger partial charge in [-0.15, -0.1) is 0 Å². The lowest BCUT2D eigenvalue weighted by molar-refractivity contribution is -0.145. The van der Waals surface area contributed by atoms with Crippen LogP contribution in [0.2, 0.25) is 0 Å². The van der Waals surface area contributed by atoms with E-state index in [1.807, 2.05) is 26.0 Å². The topological polar surface area (TPSA) is 65.7 Å². The molecule has 1 atom stereocenters. The summed E-state index contributed by atoms with van der Waals surface area (Å²) in [6.07, 6.45) is 0.462. The molecule has 5 nitrogen and oxygen atoms in total. The van der Waals surface area contributed by atoms with E-state index in [9.17, 15) is 9.59 Å². The summed E-state index contributed by atoms with van der Waals surface area (Å²) in [4.78, 5) is 23.9. The van der Waals surface area contributed by atoms with Crippen LogP contribution in [0.4, 0.5) is 0 Å². The van der Waals surface area contributed by atoms with Gasteiger partial charge in [0.25, 0.3) is 0 Å². The molecule has 2 heterocycles. The Morgan fingerprint density at radius 1 is 1.35 bits per heavy atom. The molecule has 1 saturated heterocycles. The third-order valence-corrected chi connectivity index (χ3v) is 3.44. The Hall–Kier alpha value is -2.30. The van der Waals surface area contributed by atoms with Gasteiger partial charge in [0.15, 0.2) is 0 Å². The van der Waals surface area contributed by atoms with Crippen molar-refractivity contribution >= 4 is 22.9 Å². The van der Waals surface area contributed by atoms with Gasteiger partial charge in [0.2, 0.25) is 6.10 Å². The highest BCUT2D eigenvalue weighted by Crippen LogP contribution is 2.32. The SMILES string of the molecule is CC1(C)COC(=O)[C@@H]1OC(=O)c1coc2ccccc12. The summed E-state index contributed by atoms with van der Waals surface area (Å²) in [5.74, 6) is -1.08. The zero-order chi connectivity index (χ0) is 14.3. The van der Waals surface area contributed by atoms with Crippen molar-refractivity contribution in [1.82, 2.24) is 0 Å². The number of rotatable bonds is 2. The zero-order valence-corrected chi connectivity index (χ0v) is 11.2. The standard InChI is InChI=1S/C15H14O5/c1-15(2)8-19-14(17)12(15)20-13(16)10-7-18-11-6-4-3-5-9(10)11/h3-7,12H,8H2,1-2H3/t12-/m0/s1. The molecule has 0 N–H and O–H groups in total. The van der Waals surface area contributed by atoms with E-state index in [2.05, 4.69) is 0 Å². The quantitative estimate of drug-likeness (QED) is 0.787. The van der Waals surface area contributed by atoms with Crippen LogP contribution in [0, 0.1) is 5.41 Å². The van der Waals surface area contributed by atoms with Gasteiger partial charge in [-0.25, -0.2) is 9.59 Å². The first kappa shape index (κ1) is 12.7. The third kappa shape index (κ3) is 1.95. The lowest BCUT2D eigenvalue weighted by Gasteiger charge is -2.21. The van der Waals surface area contributed by atoms with Gasteiger partial charge in [-0.3, -0.25) is 0 Å². The summed E-state index contributed by atoms with van der Waals surface area (Å²) in [7, 11) is 0. The van der Waals surface area contributed by atoms with Gasteiger partial charge in [-0.1, -0.05) is 32.0 Å². The number of furan rings is 1. The van der Waals surface area contributed by atoms with Crippen molar-refractivity contribution in [3.63, 3.8) is 0 Å². The minimum Gasteiger partial charge on any atom is -0.463 e. The molecule has 0 radical (unpaired) electrons. The van der Waals surface area contributed by atoms with Crippen molar-refractivity contribution in [2.24, 2.45) is 5.41 Å². The van der Waals surface area contributed by atoms with Crippen molar-refractivity contribution in [2.45, 2.75) is 20.0 Å². The van der Waals surface area contributed by atoms with Crippen LogP contribution in [0.25, 0.3) is 11.0 Å². The van der Waals surface area contributed by atoms with Gasteiger partial charge in [0.1, 0.15) is 24.0 Å². The van der Waals surface area contributed by atoms with Crippen molar-refractivity contribution < 1.29 is 23.5 Å². The molecule has 0 spiro atoms. The average Bonchev–Trinajstić information content (AvgIpc) is 2.95. The fraction of sp³-hybridized carbons (Fsp3) is 0.333. The zero-order valence-electron chi connectivity index (χ0n) is 11.2. The van der Waals surface area contributed by atoms with E-state index in [0.717, 1.165) is 0 Å². The molecular weight excluding hydrogens is 260 g/mol. The number of cyclic esters (lactones) is 1. The summed E-state index contributed by atoms with van der Waals surface area (Å²) in [5, 5.41) is 0.668. The Kier molecular flexibility index (Phi) is 2.78. The Bertz CT molecular complexity index is 682. The average molecular weight is 274 g/mol. The second kappa shape index (κ2) is 4.37. The fourth-order valence-corrected chi connectivity index (χ4v) is 2.24. The first-order chi connectivity index (χ1) is 9.49. The minimum atomic E-state index is -0.885. The number of carbonyl (C=O) groups excluding carboxylic acids is 2. The van der Waals surface area contributed by atoms with E-state index in [4.69, 9.17) is 13.9 Å². The fourth-order valence-electron chi connectivity index (χ4n) is 2.24. The lowest BCUT2D eigenvalue weighted by atomic mass is 9.90. The largest absolute Gasteiger partial charge is 0.463 e. The molecule has 0 aliphatic carbocycles.